The Bertz CT molecular complexity index is 506. The van der Waals surface area contributed by atoms with Crippen LogP contribution in [0.2, 0.25) is 0 Å². The maximum atomic E-state index is 12.4. The number of sulfone groups is 1. The van der Waals surface area contributed by atoms with Crippen molar-refractivity contribution >= 4 is 19.9 Å². The molecule has 1 fully saturated rings. The summed E-state index contributed by atoms with van der Waals surface area (Å²) in [5.74, 6) is -0.718. The minimum Gasteiger partial charge on any atom is -0.329 e. The molecule has 1 aliphatic carbocycles. The van der Waals surface area contributed by atoms with Gasteiger partial charge < -0.3 is 5.73 Å². The number of hydrogen-bond donors (Lipinski definition) is 1. The van der Waals surface area contributed by atoms with Gasteiger partial charge in [0.25, 0.3) is 0 Å². The fraction of sp³-hybridized carbons (Fsp3) is 1.00. The second-order valence-electron chi connectivity index (χ2n) is 5.76. The lowest BCUT2D eigenvalue weighted by Gasteiger charge is -2.39. The van der Waals surface area contributed by atoms with Crippen LogP contribution in [0.5, 0.6) is 0 Å². The molecule has 2 N–H and O–H groups in total. The normalized spacial score (nSPS) is 20.8. The van der Waals surface area contributed by atoms with Crippen molar-refractivity contribution in [3.8, 4) is 0 Å². The highest BCUT2D eigenvalue weighted by molar-refractivity contribution is 7.93. The maximum absolute atomic E-state index is 12.4. The summed E-state index contributed by atoms with van der Waals surface area (Å²) >= 11 is 0. The summed E-state index contributed by atoms with van der Waals surface area (Å²) in [5, 5.41) is 0. The van der Waals surface area contributed by atoms with E-state index in [-0.39, 0.29) is 18.1 Å². The Morgan fingerprint density at radius 3 is 1.90 bits per heavy atom. The van der Waals surface area contributed by atoms with Crippen molar-refractivity contribution in [2.24, 2.45) is 5.73 Å². The maximum Gasteiger partial charge on any atom is 0.215 e. The molecule has 0 aromatic heterocycles. The summed E-state index contributed by atoms with van der Waals surface area (Å²) in [5.41, 5.74) is 5.31. The minimum atomic E-state index is -3.61. The number of nitrogens with two attached hydrogens (primary N) is 1. The summed E-state index contributed by atoms with van der Waals surface area (Å²) in [6.07, 6.45) is 6.66. The van der Waals surface area contributed by atoms with Gasteiger partial charge in [0.2, 0.25) is 10.0 Å². The zero-order chi connectivity index (χ0) is 15.4. The van der Waals surface area contributed by atoms with Crippen LogP contribution < -0.4 is 5.73 Å². The van der Waals surface area contributed by atoms with Crippen LogP contribution in [0.1, 0.15) is 38.5 Å². The van der Waals surface area contributed by atoms with Crippen LogP contribution in [-0.4, -0.2) is 58.0 Å². The molecular weight excluding hydrogens is 300 g/mol. The third kappa shape index (κ3) is 4.68. The summed E-state index contributed by atoms with van der Waals surface area (Å²) in [6, 6.07) is 0. The molecule has 6 nitrogen and oxygen atoms in total. The molecule has 1 saturated carbocycles. The smallest absolute Gasteiger partial charge is 0.215 e. The van der Waals surface area contributed by atoms with Crippen molar-refractivity contribution in [2.75, 3.05) is 31.4 Å². The molecule has 0 amide bonds. The molecule has 0 aromatic rings. The van der Waals surface area contributed by atoms with E-state index in [1.165, 1.54) is 11.4 Å². The molecule has 120 valence electrons. The van der Waals surface area contributed by atoms with Gasteiger partial charge in [-0.15, -0.1) is 0 Å². The molecule has 0 heterocycles. The largest absolute Gasteiger partial charge is 0.329 e. The van der Waals surface area contributed by atoms with E-state index in [9.17, 15) is 16.8 Å². The Kier molecular flexibility index (Phi) is 6.01. The van der Waals surface area contributed by atoms with Gasteiger partial charge in [0, 0.05) is 25.4 Å². The van der Waals surface area contributed by atoms with E-state index in [2.05, 4.69) is 0 Å². The predicted octanol–water partition coefficient (Wildman–Crippen LogP) is 0.344. The molecule has 1 aliphatic rings. The van der Waals surface area contributed by atoms with Gasteiger partial charge >= 0.3 is 0 Å². The molecule has 8 heteroatoms. The highest BCUT2D eigenvalue weighted by atomic mass is 32.2. The lowest BCUT2D eigenvalue weighted by Crippen LogP contribution is -2.55. The van der Waals surface area contributed by atoms with Crippen molar-refractivity contribution in [1.82, 2.24) is 4.31 Å². The number of nitrogens with zero attached hydrogens (tertiary/aromatic N) is 1. The monoisotopic (exact) mass is 326 g/mol. The third-order valence-electron chi connectivity index (χ3n) is 4.21. The first-order valence-corrected chi connectivity index (χ1v) is 10.6. The third-order valence-corrected chi connectivity index (χ3v) is 7.36. The average Bonchev–Trinajstić information content (AvgIpc) is 2.61. The van der Waals surface area contributed by atoms with Crippen LogP contribution >= 0.6 is 0 Å². The Morgan fingerprint density at radius 1 is 1.00 bits per heavy atom. The molecular formula is C12H26N2O4S2. The summed E-state index contributed by atoms with van der Waals surface area (Å²) < 4.78 is 48.4. The summed E-state index contributed by atoms with van der Waals surface area (Å²) in [4.78, 5) is 0. The van der Waals surface area contributed by atoms with E-state index in [1.807, 2.05) is 0 Å². The lowest BCUT2D eigenvalue weighted by atomic mass is 9.90. The first-order valence-electron chi connectivity index (χ1n) is 6.97. The number of sulfonamides is 1. The Balaban J connectivity index is 2.91. The average molecular weight is 326 g/mol. The predicted molar refractivity (Wildman–Crippen MR) is 80.7 cm³/mol. The Morgan fingerprint density at radius 2 is 1.50 bits per heavy atom. The van der Waals surface area contributed by atoms with Gasteiger partial charge in [0.05, 0.1) is 11.5 Å². The summed E-state index contributed by atoms with van der Waals surface area (Å²) in [7, 11) is -5.36. The van der Waals surface area contributed by atoms with Gasteiger partial charge in [-0.2, -0.15) is 4.31 Å². The van der Waals surface area contributed by atoms with Crippen LogP contribution in [-0.2, 0) is 19.9 Å². The first kappa shape index (κ1) is 17.9. The van der Waals surface area contributed by atoms with Gasteiger partial charge in [0.1, 0.15) is 9.84 Å². The zero-order valence-corrected chi connectivity index (χ0v) is 14.0. The van der Waals surface area contributed by atoms with E-state index in [0.29, 0.717) is 0 Å². The molecule has 0 bridgehead atoms. The van der Waals surface area contributed by atoms with Crippen molar-refractivity contribution < 1.29 is 16.8 Å². The SMILES string of the molecule is CN(C1(CN)CCCCCC1)S(=O)(=O)CCS(C)(=O)=O. The van der Waals surface area contributed by atoms with E-state index in [0.717, 1.165) is 44.8 Å². The van der Waals surface area contributed by atoms with Gasteiger partial charge in [-0.1, -0.05) is 25.7 Å². The molecule has 0 aliphatic heterocycles. The highest BCUT2D eigenvalue weighted by Crippen LogP contribution is 2.32. The van der Waals surface area contributed by atoms with Crippen LogP contribution in [0, 0.1) is 0 Å². The Labute approximate surface area is 122 Å². The van der Waals surface area contributed by atoms with Crippen molar-refractivity contribution in [2.45, 2.75) is 44.1 Å². The number of likely N-dealkylation sites (N-methyl/N-ethyl adjacent to an activating group) is 1. The van der Waals surface area contributed by atoms with Crippen LogP contribution in [0.4, 0.5) is 0 Å². The quantitative estimate of drug-likeness (QED) is 0.710. The molecule has 1 rings (SSSR count). The molecule has 0 radical (unpaired) electrons. The molecule has 0 spiro atoms. The molecule has 0 saturated heterocycles. The van der Waals surface area contributed by atoms with Gasteiger partial charge in [-0.25, -0.2) is 16.8 Å². The van der Waals surface area contributed by atoms with Crippen LogP contribution in [0.3, 0.4) is 0 Å². The fourth-order valence-corrected chi connectivity index (χ4v) is 5.90. The molecule has 0 atom stereocenters. The molecule has 0 unspecified atom stereocenters. The van der Waals surface area contributed by atoms with Crippen LogP contribution in [0.15, 0.2) is 0 Å². The molecule has 20 heavy (non-hydrogen) atoms. The zero-order valence-electron chi connectivity index (χ0n) is 12.3. The van der Waals surface area contributed by atoms with Gasteiger partial charge in [0.15, 0.2) is 0 Å². The highest BCUT2D eigenvalue weighted by Gasteiger charge is 2.40. The standard InChI is InChI=1S/C12H26N2O4S2/c1-14(20(17,18)10-9-19(2,15)16)12(11-13)7-5-3-4-6-8-12/h3-11,13H2,1-2H3. The summed E-state index contributed by atoms with van der Waals surface area (Å²) in [6.45, 7) is 0.279. The van der Waals surface area contributed by atoms with Crippen LogP contribution in [0.25, 0.3) is 0 Å². The molecule has 0 aromatic carbocycles. The minimum absolute atomic E-state index is 0.279. The second-order valence-corrected chi connectivity index (χ2v) is 10.1. The van der Waals surface area contributed by atoms with Crippen molar-refractivity contribution in [3.63, 3.8) is 0 Å². The second kappa shape index (κ2) is 6.72. The topological polar surface area (TPSA) is 97.5 Å². The van der Waals surface area contributed by atoms with Crippen molar-refractivity contribution in [3.05, 3.63) is 0 Å². The van der Waals surface area contributed by atoms with E-state index in [1.54, 1.807) is 0 Å². The van der Waals surface area contributed by atoms with E-state index >= 15 is 0 Å². The van der Waals surface area contributed by atoms with E-state index in [4.69, 9.17) is 5.73 Å². The first-order chi connectivity index (χ1) is 9.13. The van der Waals surface area contributed by atoms with Gasteiger partial charge in [-0.05, 0) is 12.8 Å². The fourth-order valence-electron chi connectivity index (χ4n) is 2.72. The number of rotatable bonds is 6. The Hall–Kier alpha value is -0.180. The number of hydrogen-bond acceptors (Lipinski definition) is 5. The van der Waals surface area contributed by atoms with Crippen molar-refractivity contribution in [1.29, 1.82) is 0 Å². The van der Waals surface area contributed by atoms with E-state index < -0.39 is 25.4 Å². The van der Waals surface area contributed by atoms with Gasteiger partial charge in [-0.3, -0.25) is 0 Å². The lowest BCUT2D eigenvalue weighted by molar-refractivity contribution is 0.196.